The fraction of sp³-hybridized carbons (Fsp3) is 0.0312. The molecule has 39 heavy (non-hydrogen) atoms. The highest BCUT2D eigenvalue weighted by molar-refractivity contribution is 6.11. The molecule has 0 saturated heterocycles. The van der Waals surface area contributed by atoms with E-state index >= 15 is 0 Å². The molecule has 0 atom stereocenters. The average molecular weight is 521 g/mol. The maximum absolute atomic E-state index is 14.3. The van der Waals surface area contributed by atoms with Crippen LogP contribution in [0.2, 0.25) is 0 Å². The normalized spacial score (nSPS) is 11.2. The summed E-state index contributed by atoms with van der Waals surface area (Å²) in [4.78, 5) is 38.5. The summed E-state index contributed by atoms with van der Waals surface area (Å²) >= 11 is 0. The van der Waals surface area contributed by atoms with Crippen LogP contribution in [0.1, 0.15) is 31.8 Å². The van der Waals surface area contributed by atoms with Gasteiger partial charge < -0.3 is 15.4 Å². The summed E-state index contributed by atoms with van der Waals surface area (Å²) in [5, 5.41) is 5.26. The number of amides is 2. The quantitative estimate of drug-likeness (QED) is 0.205. The van der Waals surface area contributed by atoms with Gasteiger partial charge in [-0.2, -0.15) is 0 Å². The molecular formula is C32H25FN2O4. The first-order valence-corrected chi connectivity index (χ1v) is 12.0. The molecule has 0 aliphatic carbocycles. The van der Waals surface area contributed by atoms with Crippen molar-refractivity contribution < 1.29 is 23.5 Å². The standard InChI is InChI=1S/C32H25FN2O4/c1-39-30-14-8-6-9-23(30)17-20-29(36)22-15-18-26(19-16-22)34-32(38)28(21-25-12-5-7-13-27(25)33)35-31(37)24-10-3-2-4-11-24/h2-21H,1H3,(H,34,38)(H,35,37)/b20-17+,28-21-. The first-order valence-electron chi connectivity index (χ1n) is 12.0. The third-order valence-electron chi connectivity index (χ3n) is 5.71. The second-order valence-corrected chi connectivity index (χ2v) is 8.37. The molecule has 0 aromatic heterocycles. The molecule has 4 aromatic carbocycles. The number of carbonyl (C=O) groups excluding carboxylic acids is 3. The number of ether oxygens (including phenoxy) is 1. The zero-order valence-corrected chi connectivity index (χ0v) is 21.1. The third-order valence-corrected chi connectivity index (χ3v) is 5.71. The highest BCUT2D eigenvalue weighted by Crippen LogP contribution is 2.20. The number of benzene rings is 4. The molecule has 6 nitrogen and oxygen atoms in total. The van der Waals surface area contributed by atoms with Gasteiger partial charge in [-0.25, -0.2) is 4.39 Å². The lowest BCUT2D eigenvalue weighted by Gasteiger charge is -2.12. The predicted molar refractivity (Wildman–Crippen MR) is 150 cm³/mol. The molecule has 2 N–H and O–H groups in total. The van der Waals surface area contributed by atoms with E-state index in [0.717, 1.165) is 5.56 Å². The molecule has 7 heteroatoms. The molecule has 0 bridgehead atoms. The van der Waals surface area contributed by atoms with Crippen LogP contribution >= 0.6 is 0 Å². The van der Waals surface area contributed by atoms with Gasteiger partial charge >= 0.3 is 0 Å². The van der Waals surface area contributed by atoms with E-state index in [1.54, 1.807) is 79.9 Å². The van der Waals surface area contributed by atoms with E-state index in [9.17, 15) is 18.8 Å². The van der Waals surface area contributed by atoms with Crippen LogP contribution in [0.5, 0.6) is 5.75 Å². The van der Waals surface area contributed by atoms with Gasteiger partial charge in [-0.15, -0.1) is 0 Å². The molecule has 0 heterocycles. The summed E-state index contributed by atoms with van der Waals surface area (Å²) in [6.07, 6.45) is 4.39. The number of carbonyl (C=O) groups is 3. The minimum absolute atomic E-state index is 0.138. The first-order chi connectivity index (χ1) is 18.9. The Morgan fingerprint density at radius 2 is 1.38 bits per heavy atom. The molecule has 4 aromatic rings. The Labute approximate surface area is 225 Å². The SMILES string of the molecule is COc1ccccc1/C=C/C(=O)c1ccc(NC(=O)/C(=C/c2ccccc2F)NC(=O)c2ccccc2)cc1. The Kier molecular flexibility index (Phi) is 8.77. The van der Waals surface area contributed by atoms with Gasteiger partial charge in [0.15, 0.2) is 5.78 Å². The van der Waals surface area contributed by atoms with Crippen molar-refractivity contribution in [3.63, 3.8) is 0 Å². The summed E-state index contributed by atoms with van der Waals surface area (Å²) in [6.45, 7) is 0. The highest BCUT2D eigenvalue weighted by Gasteiger charge is 2.16. The molecule has 0 aliphatic heterocycles. The van der Waals surface area contributed by atoms with Gasteiger partial charge in [0, 0.05) is 27.9 Å². The molecule has 2 amide bonds. The smallest absolute Gasteiger partial charge is 0.272 e. The third kappa shape index (κ3) is 7.14. The lowest BCUT2D eigenvalue weighted by Crippen LogP contribution is -2.30. The number of halogens is 1. The van der Waals surface area contributed by atoms with Crippen LogP contribution in [-0.2, 0) is 4.79 Å². The van der Waals surface area contributed by atoms with E-state index in [0.29, 0.717) is 22.6 Å². The van der Waals surface area contributed by atoms with Crippen molar-refractivity contribution in [2.24, 2.45) is 0 Å². The topological polar surface area (TPSA) is 84.5 Å². The Morgan fingerprint density at radius 1 is 0.744 bits per heavy atom. The fourth-order valence-corrected chi connectivity index (χ4v) is 3.67. The number of para-hydroxylation sites is 1. The van der Waals surface area contributed by atoms with E-state index in [1.165, 1.54) is 30.4 Å². The maximum Gasteiger partial charge on any atom is 0.272 e. The van der Waals surface area contributed by atoms with E-state index in [1.807, 2.05) is 18.2 Å². The van der Waals surface area contributed by atoms with Crippen molar-refractivity contribution in [1.29, 1.82) is 0 Å². The first kappa shape index (κ1) is 26.8. The lowest BCUT2D eigenvalue weighted by molar-refractivity contribution is -0.113. The predicted octanol–water partition coefficient (Wildman–Crippen LogP) is 6.14. The Hall–Kier alpha value is -5.30. The second kappa shape index (κ2) is 12.8. The van der Waals surface area contributed by atoms with Gasteiger partial charge in [-0.1, -0.05) is 54.6 Å². The number of hydrogen-bond acceptors (Lipinski definition) is 4. The number of methoxy groups -OCH3 is 1. The molecule has 4 rings (SSSR count). The molecular weight excluding hydrogens is 495 g/mol. The van der Waals surface area contributed by atoms with E-state index in [-0.39, 0.29) is 17.0 Å². The Balaban J connectivity index is 1.50. The van der Waals surface area contributed by atoms with Gasteiger partial charge in [-0.3, -0.25) is 14.4 Å². The molecule has 0 radical (unpaired) electrons. The van der Waals surface area contributed by atoms with Gasteiger partial charge in [0.05, 0.1) is 7.11 Å². The summed E-state index contributed by atoms with van der Waals surface area (Å²) < 4.78 is 19.6. The minimum atomic E-state index is -0.655. The van der Waals surface area contributed by atoms with Crippen LogP contribution in [0.3, 0.4) is 0 Å². The fourth-order valence-electron chi connectivity index (χ4n) is 3.67. The van der Waals surface area contributed by atoms with Crippen LogP contribution in [0.15, 0.2) is 115 Å². The summed E-state index contributed by atoms with van der Waals surface area (Å²) in [5.74, 6) is -1.29. The second-order valence-electron chi connectivity index (χ2n) is 8.37. The van der Waals surface area contributed by atoms with Gasteiger partial charge in [0.25, 0.3) is 11.8 Å². The Morgan fingerprint density at radius 3 is 2.08 bits per heavy atom. The van der Waals surface area contributed by atoms with Crippen molar-refractivity contribution in [1.82, 2.24) is 5.32 Å². The molecule has 0 saturated carbocycles. The van der Waals surface area contributed by atoms with E-state index < -0.39 is 17.6 Å². The van der Waals surface area contributed by atoms with Crippen LogP contribution in [0.4, 0.5) is 10.1 Å². The van der Waals surface area contributed by atoms with Crippen molar-refractivity contribution in [3.8, 4) is 5.75 Å². The van der Waals surface area contributed by atoms with Crippen LogP contribution in [0, 0.1) is 5.82 Å². The zero-order chi connectivity index (χ0) is 27.6. The summed E-state index contributed by atoms with van der Waals surface area (Å²) in [7, 11) is 1.56. The molecule has 0 spiro atoms. The monoisotopic (exact) mass is 520 g/mol. The van der Waals surface area contributed by atoms with E-state index in [2.05, 4.69) is 10.6 Å². The van der Waals surface area contributed by atoms with Crippen molar-refractivity contribution in [3.05, 3.63) is 143 Å². The highest BCUT2D eigenvalue weighted by atomic mass is 19.1. The number of ketones is 1. The van der Waals surface area contributed by atoms with Crippen LogP contribution in [-0.4, -0.2) is 24.7 Å². The maximum atomic E-state index is 14.3. The summed E-state index contributed by atoms with van der Waals surface area (Å²) in [5.41, 5.74) is 1.91. The number of rotatable bonds is 9. The Bertz CT molecular complexity index is 1540. The zero-order valence-electron chi connectivity index (χ0n) is 21.1. The minimum Gasteiger partial charge on any atom is -0.496 e. The van der Waals surface area contributed by atoms with Crippen LogP contribution in [0.25, 0.3) is 12.2 Å². The number of allylic oxidation sites excluding steroid dienone is 1. The summed E-state index contributed by atoms with van der Waals surface area (Å²) in [6, 6.07) is 27.9. The molecule has 194 valence electrons. The van der Waals surface area contributed by atoms with Crippen molar-refractivity contribution in [2.75, 3.05) is 12.4 Å². The molecule has 0 aliphatic rings. The van der Waals surface area contributed by atoms with Gasteiger partial charge in [-0.05, 0) is 66.8 Å². The lowest BCUT2D eigenvalue weighted by atomic mass is 10.1. The molecule has 0 fully saturated rings. The van der Waals surface area contributed by atoms with Crippen molar-refractivity contribution >= 4 is 35.4 Å². The van der Waals surface area contributed by atoms with Gasteiger partial charge in [0.1, 0.15) is 17.3 Å². The van der Waals surface area contributed by atoms with E-state index in [4.69, 9.17) is 4.74 Å². The van der Waals surface area contributed by atoms with Crippen LogP contribution < -0.4 is 15.4 Å². The average Bonchev–Trinajstić information content (AvgIpc) is 2.97. The largest absolute Gasteiger partial charge is 0.496 e. The van der Waals surface area contributed by atoms with Gasteiger partial charge in [0.2, 0.25) is 0 Å². The number of anilines is 1. The molecule has 0 unspecified atom stereocenters. The number of nitrogens with one attached hydrogen (secondary N) is 2. The number of hydrogen-bond donors (Lipinski definition) is 2. The van der Waals surface area contributed by atoms with Crippen molar-refractivity contribution in [2.45, 2.75) is 0 Å².